The summed E-state index contributed by atoms with van der Waals surface area (Å²) in [6.45, 7) is 9.03. The Balaban J connectivity index is 1.72. The van der Waals surface area contributed by atoms with Crippen molar-refractivity contribution in [1.29, 1.82) is 0 Å². The Labute approximate surface area is 155 Å². The van der Waals surface area contributed by atoms with Gasteiger partial charge in [0.2, 0.25) is 0 Å². The van der Waals surface area contributed by atoms with Gasteiger partial charge in [-0.05, 0) is 24.3 Å². The summed E-state index contributed by atoms with van der Waals surface area (Å²) in [5, 5.41) is 11.5. The van der Waals surface area contributed by atoms with Crippen LogP contribution < -0.4 is 0 Å². The fraction of sp³-hybridized carbons (Fsp3) is 0.650. The van der Waals surface area contributed by atoms with Gasteiger partial charge < -0.3 is 4.90 Å². The molecule has 1 aromatic carbocycles. The lowest BCUT2D eigenvalue weighted by Gasteiger charge is -2.38. The minimum atomic E-state index is -0.380. The summed E-state index contributed by atoms with van der Waals surface area (Å²) in [5.74, 6) is -0.0976. The summed E-state index contributed by atoms with van der Waals surface area (Å²) < 4.78 is 0. The average Bonchev–Trinajstić information content (AvgIpc) is 3.14. The summed E-state index contributed by atoms with van der Waals surface area (Å²) in [6, 6.07) is 5.60. The molecule has 2 fully saturated rings. The average molecular weight is 359 g/mol. The SMILES string of the molecule is CC(C)(C)c1ccc(C(=O)N2CCN(C3CCCC3)CC2)cc1[N+](=O)[O-]. The van der Waals surface area contributed by atoms with Crippen molar-refractivity contribution in [1.82, 2.24) is 9.80 Å². The van der Waals surface area contributed by atoms with E-state index in [0.29, 0.717) is 30.3 Å². The van der Waals surface area contributed by atoms with Crippen LogP contribution in [0.1, 0.15) is 62.4 Å². The van der Waals surface area contributed by atoms with E-state index in [1.807, 2.05) is 25.7 Å². The zero-order chi connectivity index (χ0) is 18.9. The predicted molar refractivity (Wildman–Crippen MR) is 102 cm³/mol. The summed E-state index contributed by atoms with van der Waals surface area (Å²) in [7, 11) is 0. The number of carbonyl (C=O) groups is 1. The number of rotatable bonds is 3. The largest absolute Gasteiger partial charge is 0.336 e. The molecular weight excluding hydrogens is 330 g/mol. The van der Waals surface area contributed by atoms with Crippen LogP contribution in [0.15, 0.2) is 18.2 Å². The molecule has 0 bridgehead atoms. The monoisotopic (exact) mass is 359 g/mol. The Morgan fingerprint density at radius 1 is 1.12 bits per heavy atom. The Bertz CT molecular complexity index is 682. The van der Waals surface area contributed by atoms with Crippen molar-refractivity contribution in [2.24, 2.45) is 0 Å². The summed E-state index contributed by atoms with van der Waals surface area (Å²) >= 11 is 0. The van der Waals surface area contributed by atoms with Gasteiger partial charge in [-0.15, -0.1) is 0 Å². The molecule has 0 atom stereocenters. The standard InChI is InChI=1S/C20H29N3O3/c1-20(2,3)17-9-8-15(14-18(17)23(25)26)19(24)22-12-10-21(11-13-22)16-6-4-5-7-16/h8-9,14,16H,4-7,10-13H2,1-3H3. The predicted octanol–water partition coefficient (Wildman–Crippen LogP) is 3.59. The molecule has 0 N–H and O–H groups in total. The van der Waals surface area contributed by atoms with Gasteiger partial charge in [0.05, 0.1) is 4.92 Å². The molecule has 0 radical (unpaired) electrons. The number of benzene rings is 1. The number of nitrogens with zero attached hydrogens (tertiary/aromatic N) is 3. The van der Waals surface area contributed by atoms with Crippen LogP contribution in [0, 0.1) is 10.1 Å². The molecule has 6 heteroatoms. The first-order valence-electron chi connectivity index (χ1n) is 9.59. The van der Waals surface area contributed by atoms with E-state index in [0.717, 1.165) is 13.1 Å². The van der Waals surface area contributed by atoms with Crippen LogP contribution in [0.2, 0.25) is 0 Å². The third kappa shape index (κ3) is 3.90. The van der Waals surface area contributed by atoms with E-state index in [1.54, 1.807) is 12.1 Å². The molecule has 1 aromatic rings. The number of nitro benzene ring substituents is 1. The molecule has 1 saturated heterocycles. The van der Waals surface area contributed by atoms with Crippen LogP contribution in [0.25, 0.3) is 0 Å². The van der Waals surface area contributed by atoms with Crippen molar-refractivity contribution >= 4 is 11.6 Å². The molecule has 3 rings (SSSR count). The molecule has 0 aromatic heterocycles. The molecule has 0 unspecified atom stereocenters. The maximum absolute atomic E-state index is 12.8. The van der Waals surface area contributed by atoms with Gasteiger partial charge in [0, 0.05) is 49.4 Å². The van der Waals surface area contributed by atoms with Crippen LogP contribution in [-0.2, 0) is 5.41 Å². The van der Waals surface area contributed by atoms with Crippen LogP contribution in [0.3, 0.4) is 0 Å². The molecule has 1 saturated carbocycles. The van der Waals surface area contributed by atoms with Gasteiger partial charge in [-0.3, -0.25) is 19.8 Å². The van der Waals surface area contributed by atoms with Gasteiger partial charge in [-0.2, -0.15) is 0 Å². The second-order valence-electron chi connectivity index (χ2n) is 8.51. The van der Waals surface area contributed by atoms with E-state index in [1.165, 1.54) is 31.7 Å². The van der Waals surface area contributed by atoms with Gasteiger partial charge in [0.1, 0.15) is 0 Å². The number of hydrogen-bond donors (Lipinski definition) is 0. The zero-order valence-corrected chi connectivity index (χ0v) is 16.0. The number of carbonyl (C=O) groups excluding carboxylic acids is 1. The van der Waals surface area contributed by atoms with Crippen molar-refractivity contribution in [3.63, 3.8) is 0 Å². The maximum atomic E-state index is 12.8. The third-order valence-corrected chi connectivity index (χ3v) is 5.69. The summed E-state index contributed by atoms with van der Waals surface area (Å²) in [4.78, 5) is 28.3. The lowest BCUT2D eigenvalue weighted by molar-refractivity contribution is -0.386. The Hall–Kier alpha value is -1.95. The first kappa shape index (κ1) is 18.8. The molecule has 26 heavy (non-hydrogen) atoms. The number of hydrogen-bond acceptors (Lipinski definition) is 4. The number of amides is 1. The molecule has 142 valence electrons. The van der Waals surface area contributed by atoms with Crippen LogP contribution in [0.5, 0.6) is 0 Å². The van der Waals surface area contributed by atoms with Gasteiger partial charge in [-0.25, -0.2) is 0 Å². The van der Waals surface area contributed by atoms with Crippen LogP contribution in [0.4, 0.5) is 5.69 Å². The second kappa shape index (κ2) is 7.35. The molecule has 1 amide bonds. The quantitative estimate of drug-likeness (QED) is 0.611. The molecule has 0 spiro atoms. The lowest BCUT2D eigenvalue weighted by atomic mass is 9.85. The number of nitro groups is 1. The van der Waals surface area contributed by atoms with Gasteiger partial charge >= 0.3 is 0 Å². The Morgan fingerprint density at radius 2 is 1.73 bits per heavy atom. The molecule has 1 heterocycles. The van der Waals surface area contributed by atoms with Crippen molar-refractivity contribution in [3.8, 4) is 0 Å². The highest BCUT2D eigenvalue weighted by Gasteiger charge is 2.30. The lowest BCUT2D eigenvalue weighted by Crippen LogP contribution is -2.51. The van der Waals surface area contributed by atoms with E-state index in [4.69, 9.17) is 0 Å². The van der Waals surface area contributed by atoms with Crippen molar-refractivity contribution in [2.45, 2.75) is 57.9 Å². The fourth-order valence-corrected chi connectivity index (χ4v) is 4.19. The zero-order valence-electron chi connectivity index (χ0n) is 16.0. The van der Waals surface area contributed by atoms with E-state index >= 15 is 0 Å². The van der Waals surface area contributed by atoms with Crippen LogP contribution in [-0.4, -0.2) is 52.9 Å². The van der Waals surface area contributed by atoms with Gasteiger partial charge in [-0.1, -0.05) is 39.7 Å². The fourth-order valence-electron chi connectivity index (χ4n) is 4.19. The first-order valence-corrected chi connectivity index (χ1v) is 9.59. The second-order valence-corrected chi connectivity index (χ2v) is 8.51. The summed E-state index contributed by atoms with van der Waals surface area (Å²) in [5.41, 5.74) is 0.772. The number of piperazine rings is 1. The van der Waals surface area contributed by atoms with Gasteiger partial charge in [0.15, 0.2) is 0 Å². The van der Waals surface area contributed by atoms with Crippen molar-refractivity contribution in [3.05, 3.63) is 39.4 Å². The minimum absolute atomic E-state index is 0.0351. The van der Waals surface area contributed by atoms with E-state index < -0.39 is 0 Å². The molecule has 1 aliphatic carbocycles. The Morgan fingerprint density at radius 3 is 2.27 bits per heavy atom. The highest BCUT2D eigenvalue weighted by atomic mass is 16.6. The first-order chi connectivity index (χ1) is 12.3. The molecule has 1 aliphatic heterocycles. The third-order valence-electron chi connectivity index (χ3n) is 5.69. The molecule has 2 aliphatic rings. The van der Waals surface area contributed by atoms with Crippen molar-refractivity contribution in [2.75, 3.05) is 26.2 Å². The normalized spacial score (nSPS) is 19.7. The maximum Gasteiger partial charge on any atom is 0.273 e. The van der Waals surface area contributed by atoms with E-state index in [9.17, 15) is 14.9 Å². The van der Waals surface area contributed by atoms with Crippen molar-refractivity contribution < 1.29 is 9.72 Å². The molecular formula is C20H29N3O3. The smallest absolute Gasteiger partial charge is 0.273 e. The highest BCUT2D eigenvalue weighted by molar-refractivity contribution is 5.95. The topological polar surface area (TPSA) is 66.7 Å². The Kier molecular flexibility index (Phi) is 5.32. The van der Waals surface area contributed by atoms with E-state index in [-0.39, 0.29) is 21.9 Å². The van der Waals surface area contributed by atoms with Crippen LogP contribution >= 0.6 is 0 Å². The van der Waals surface area contributed by atoms with Gasteiger partial charge in [0.25, 0.3) is 11.6 Å². The minimum Gasteiger partial charge on any atom is -0.336 e. The molecule has 6 nitrogen and oxygen atoms in total. The summed E-state index contributed by atoms with van der Waals surface area (Å²) in [6.07, 6.45) is 5.17. The van der Waals surface area contributed by atoms with E-state index in [2.05, 4.69) is 4.90 Å². The highest BCUT2D eigenvalue weighted by Crippen LogP contribution is 2.32.